The molecule has 0 aromatic heterocycles. The normalized spacial score (nSPS) is 19.9. The van der Waals surface area contributed by atoms with Crippen LogP contribution >= 0.6 is 0 Å². The van der Waals surface area contributed by atoms with Crippen molar-refractivity contribution in [3.05, 3.63) is 0 Å². The van der Waals surface area contributed by atoms with E-state index in [2.05, 4.69) is 0 Å². The van der Waals surface area contributed by atoms with E-state index >= 15 is 0 Å². The van der Waals surface area contributed by atoms with E-state index in [1.165, 1.54) is 0 Å². The fraction of sp³-hybridized carbons (Fsp3) is 0.857. The second-order valence-electron chi connectivity index (χ2n) is 2.74. The van der Waals surface area contributed by atoms with Crippen molar-refractivity contribution >= 4 is 5.78 Å². The van der Waals surface area contributed by atoms with Crippen molar-refractivity contribution in [3.8, 4) is 0 Å². The summed E-state index contributed by atoms with van der Waals surface area (Å²) in [6.45, 7) is 0.769. The maximum Gasteiger partial charge on any atom is 0.133 e. The van der Waals surface area contributed by atoms with Gasteiger partial charge in [0.1, 0.15) is 5.78 Å². The number of rotatable bonds is 3. The molecular formula is C7H13NO. The van der Waals surface area contributed by atoms with Gasteiger partial charge in [-0.05, 0) is 25.3 Å². The van der Waals surface area contributed by atoms with E-state index in [0.717, 1.165) is 32.2 Å². The van der Waals surface area contributed by atoms with Crippen LogP contribution < -0.4 is 5.73 Å². The van der Waals surface area contributed by atoms with Crippen molar-refractivity contribution in [1.29, 1.82) is 0 Å². The molecule has 0 unspecified atom stereocenters. The standard InChI is InChI=1S/C7H13NO/c8-3-1-2-6-4-7(9)5-6/h6H,1-5,8H2. The molecule has 1 aliphatic rings. The molecule has 0 spiro atoms. The second kappa shape index (κ2) is 2.97. The minimum atomic E-state index is 0.428. The van der Waals surface area contributed by atoms with E-state index in [1.807, 2.05) is 0 Å². The average Bonchev–Trinajstić information content (AvgIpc) is 1.78. The largest absolute Gasteiger partial charge is 0.330 e. The fourth-order valence-electron chi connectivity index (χ4n) is 1.19. The second-order valence-corrected chi connectivity index (χ2v) is 2.74. The summed E-state index contributed by atoms with van der Waals surface area (Å²) >= 11 is 0. The number of hydrogen-bond acceptors (Lipinski definition) is 2. The van der Waals surface area contributed by atoms with Crippen molar-refractivity contribution in [2.45, 2.75) is 25.7 Å². The van der Waals surface area contributed by atoms with E-state index in [1.54, 1.807) is 0 Å². The van der Waals surface area contributed by atoms with Crippen LogP contribution in [0.15, 0.2) is 0 Å². The Bertz CT molecular complexity index is 103. The molecule has 0 amide bonds. The number of ketones is 1. The summed E-state index contributed by atoms with van der Waals surface area (Å²) in [5, 5.41) is 0. The molecule has 0 atom stereocenters. The van der Waals surface area contributed by atoms with Gasteiger partial charge in [0.15, 0.2) is 0 Å². The van der Waals surface area contributed by atoms with Gasteiger partial charge in [0, 0.05) is 12.8 Å². The van der Waals surface area contributed by atoms with Crippen molar-refractivity contribution in [2.24, 2.45) is 11.7 Å². The van der Waals surface area contributed by atoms with Gasteiger partial charge in [0.2, 0.25) is 0 Å². The van der Waals surface area contributed by atoms with Crippen molar-refractivity contribution in [3.63, 3.8) is 0 Å². The number of Topliss-reactive ketones (excluding diaryl/α,β-unsaturated/α-hetero) is 1. The predicted octanol–water partition coefficient (Wildman–Crippen LogP) is 0.704. The van der Waals surface area contributed by atoms with Gasteiger partial charge in [0.05, 0.1) is 0 Å². The summed E-state index contributed by atoms with van der Waals surface area (Å²) < 4.78 is 0. The molecule has 0 aromatic carbocycles. The van der Waals surface area contributed by atoms with Crippen LogP contribution in [0, 0.1) is 5.92 Å². The van der Waals surface area contributed by atoms with Gasteiger partial charge >= 0.3 is 0 Å². The van der Waals surface area contributed by atoms with Crippen LogP contribution in [-0.4, -0.2) is 12.3 Å². The lowest BCUT2D eigenvalue weighted by molar-refractivity contribution is -0.127. The summed E-state index contributed by atoms with van der Waals surface area (Å²) in [6, 6.07) is 0. The predicted molar refractivity (Wildman–Crippen MR) is 36.0 cm³/mol. The highest BCUT2D eigenvalue weighted by Gasteiger charge is 2.24. The quantitative estimate of drug-likeness (QED) is 0.606. The molecule has 0 aromatic rings. The molecule has 52 valence electrons. The number of nitrogens with two attached hydrogens (primary N) is 1. The summed E-state index contributed by atoms with van der Waals surface area (Å²) in [7, 11) is 0. The Hall–Kier alpha value is -0.370. The van der Waals surface area contributed by atoms with E-state index in [-0.39, 0.29) is 0 Å². The number of hydrogen-bond donors (Lipinski definition) is 1. The Morgan fingerprint density at radius 1 is 1.56 bits per heavy atom. The maximum absolute atomic E-state index is 10.4. The van der Waals surface area contributed by atoms with Crippen molar-refractivity contribution < 1.29 is 4.79 Å². The highest BCUT2D eigenvalue weighted by molar-refractivity contribution is 5.84. The van der Waals surface area contributed by atoms with Gasteiger partial charge < -0.3 is 5.73 Å². The zero-order chi connectivity index (χ0) is 6.69. The first kappa shape index (κ1) is 6.75. The molecule has 0 heterocycles. The molecule has 9 heavy (non-hydrogen) atoms. The highest BCUT2D eigenvalue weighted by Crippen LogP contribution is 2.26. The number of carbonyl (C=O) groups is 1. The van der Waals surface area contributed by atoms with Gasteiger partial charge in [0.25, 0.3) is 0 Å². The van der Waals surface area contributed by atoms with Gasteiger partial charge in [-0.15, -0.1) is 0 Å². The lowest BCUT2D eigenvalue weighted by Gasteiger charge is -2.23. The van der Waals surface area contributed by atoms with Crippen LogP contribution in [-0.2, 0) is 4.79 Å². The Labute approximate surface area is 55.4 Å². The van der Waals surface area contributed by atoms with Crippen LogP contribution in [0.2, 0.25) is 0 Å². The minimum absolute atomic E-state index is 0.428. The first-order valence-corrected chi connectivity index (χ1v) is 3.54. The van der Waals surface area contributed by atoms with Crippen LogP contribution in [0.5, 0.6) is 0 Å². The van der Waals surface area contributed by atoms with Crippen molar-refractivity contribution in [2.75, 3.05) is 6.54 Å². The van der Waals surface area contributed by atoms with Gasteiger partial charge in [-0.25, -0.2) is 0 Å². The third-order valence-corrected chi connectivity index (χ3v) is 1.85. The summed E-state index contributed by atoms with van der Waals surface area (Å²) in [5.41, 5.74) is 5.31. The third-order valence-electron chi connectivity index (χ3n) is 1.85. The molecule has 2 nitrogen and oxygen atoms in total. The Morgan fingerprint density at radius 3 is 2.67 bits per heavy atom. The molecular weight excluding hydrogens is 114 g/mol. The zero-order valence-corrected chi connectivity index (χ0v) is 5.60. The lowest BCUT2D eigenvalue weighted by atomic mass is 9.81. The number of carbonyl (C=O) groups excluding carboxylic acids is 1. The molecule has 0 bridgehead atoms. The molecule has 1 saturated carbocycles. The van der Waals surface area contributed by atoms with E-state index in [0.29, 0.717) is 11.7 Å². The smallest absolute Gasteiger partial charge is 0.133 e. The first-order valence-electron chi connectivity index (χ1n) is 3.54. The summed E-state index contributed by atoms with van der Waals surface area (Å²) in [6.07, 6.45) is 3.88. The highest BCUT2D eigenvalue weighted by atomic mass is 16.1. The Morgan fingerprint density at radius 2 is 2.22 bits per heavy atom. The Kier molecular flexibility index (Phi) is 2.22. The summed E-state index contributed by atoms with van der Waals surface area (Å²) in [4.78, 5) is 10.4. The van der Waals surface area contributed by atoms with E-state index < -0.39 is 0 Å². The van der Waals surface area contributed by atoms with Gasteiger partial charge in [-0.3, -0.25) is 4.79 Å². The third kappa shape index (κ3) is 1.79. The molecule has 0 radical (unpaired) electrons. The van der Waals surface area contributed by atoms with Gasteiger partial charge in [-0.2, -0.15) is 0 Å². The first-order chi connectivity index (χ1) is 4.33. The molecule has 2 N–H and O–H groups in total. The minimum Gasteiger partial charge on any atom is -0.330 e. The van der Waals surface area contributed by atoms with Gasteiger partial charge in [-0.1, -0.05) is 0 Å². The van der Waals surface area contributed by atoms with Crippen LogP contribution in [0.25, 0.3) is 0 Å². The molecule has 1 fully saturated rings. The average molecular weight is 127 g/mol. The zero-order valence-electron chi connectivity index (χ0n) is 5.60. The fourth-order valence-corrected chi connectivity index (χ4v) is 1.19. The topological polar surface area (TPSA) is 43.1 Å². The molecule has 1 rings (SSSR count). The van der Waals surface area contributed by atoms with Crippen LogP contribution in [0.3, 0.4) is 0 Å². The summed E-state index contributed by atoms with van der Waals surface area (Å²) in [5.74, 6) is 1.11. The molecule has 1 aliphatic carbocycles. The van der Waals surface area contributed by atoms with Crippen LogP contribution in [0.1, 0.15) is 25.7 Å². The SMILES string of the molecule is NCCCC1CC(=O)C1. The molecule has 0 saturated heterocycles. The van der Waals surface area contributed by atoms with E-state index in [9.17, 15) is 4.79 Å². The van der Waals surface area contributed by atoms with E-state index in [4.69, 9.17) is 5.73 Å². The van der Waals surface area contributed by atoms with Crippen molar-refractivity contribution in [1.82, 2.24) is 0 Å². The monoisotopic (exact) mass is 127 g/mol. The Balaban J connectivity index is 1.97. The lowest BCUT2D eigenvalue weighted by Crippen LogP contribution is -2.23. The van der Waals surface area contributed by atoms with Crippen LogP contribution in [0.4, 0.5) is 0 Å². The maximum atomic E-state index is 10.4. The molecule has 2 heteroatoms. The molecule has 0 aliphatic heterocycles.